The summed E-state index contributed by atoms with van der Waals surface area (Å²) < 4.78 is 1.40. The van der Waals surface area contributed by atoms with Gasteiger partial charge in [0.05, 0.1) is 0 Å². The molecule has 0 fully saturated rings. The van der Waals surface area contributed by atoms with E-state index >= 15 is 0 Å². The number of phenolic OH excluding ortho intramolecular Hbond substituents is 2. The predicted octanol–water partition coefficient (Wildman–Crippen LogP) is 0.479. The number of aromatic nitrogens is 3. The van der Waals surface area contributed by atoms with Gasteiger partial charge in [0.1, 0.15) is 6.33 Å². The first kappa shape index (κ1) is 10.9. The molecule has 0 aliphatic rings. The van der Waals surface area contributed by atoms with Crippen LogP contribution >= 0.6 is 0 Å². The van der Waals surface area contributed by atoms with Crippen molar-refractivity contribution in [3.05, 3.63) is 30.1 Å². The van der Waals surface area contributed by atoms with Gasteiger partial charge in [0.2, 0.25) is 5.95 Å². The molecule has 0 spiro atoms. The Balaban J connectivity index is 2.20. The van der Waals surface area contributed by atoms with Gasteiger partial charge in [-0.25, -0.2) is 4.68 Å². The van der Waals surface area contributed by atoms with Crippen LogP contribution in [0.25, 0.3) is 0 Å². The normalized spacial score (nSPS) is 10.2. The first-order valence-electron chi connectivity index (χ1n) is 4.75. The summed E-state index contributed by atoms with van der Waals surface area (Å²) in [4.78, 5) is 15.6. The fraction of sp³-hybridized carbons (Fsp3) is 0.100. The minimum atomic E-state index is -0.448. The van der Waals surface area contributed by atoms with Crippen LogP contribution in [-0.4, -0.2) is 30.9 Å². The Morgan fingerprint density at radius 3 is 2.71 bits per heavy atom. The van der Waals surface area contributed by atoms with Crippen molar-refractivity contribution < 1.29 is 15.0 Å². The van der Waals surface area contributed by atoms with Gasteiger partial charge in [-0.3, -0.25) is 10.1 Å². The summed E-state index contributed by atoms with van der Waals surface area (Å²) in [6, 6.07) is 3.79. The van der Waals surface area contributed by atoms with Crippen molar-refractivity contribution in [3.8, 4) is 11.5 Å². The molecule has 3 N–H and O–H groups in total. The summed E-state index contributed by atoms with van der Waals surface area (Å²) >= 11 is 0. The maximum atomic E-state index is 11.7. The third kappa shape index (κ3) is 2.17. The van der Waals surface area contributed by atoms with E-state index in [1.54, 1.807) is 7.05 Å². The average Bonchev–Trinajstić information content (AvgIpc) is 2.68. The summed E-state index contributed by atoms with van der Waals surface area (Å²) in [6.07, 6.45) is 1.31. The van der Waals surface area contributed by atoms with E-state index in [2.05, 4.69) is 15.4 Å². The van der Waals surface area contributed by atoms with Crippen LogP contribution in [0.5, 0.6) is 11.5 Å². The highest BCUT2D eigenvalue weighted by Gasteiger charge is 2.11. The number of aromatic hydroxyl groups is 2. The molecule has 88 valence electrons. The number of nitrogens with one attached hydrogen (secondary N) is 1. The van der Waals surface area contributed by atoms with Crippen LogP contribution in [0.4, 0.5) is 5.95 Å². The van der Waals surface area contributed by atoms with Crippen molar-refractivity contribution >= 4 is 11.9 Å². The van der Waals surface area contributed by atoms with Crippen LogP contribution in [0.3, 0.4) is 0 Å². The van der Waals surface area contributed by atoms with E-state index < -0.39 is 5.91 Å². The van der Waals surface area contributed by atoms with E-state index in [1.807, 2.05) is 0 Å². The highest BCUT2D eigenvalue weighted by Crippen LogP contribution is 2.25. The van der Waals surface area contributed by atoms with Gasteiger partial charge in [-0.05, 0) is 18.2 Å². The average molecular weight is 234 g/mol. The van der Waals surface area contributed by atoms with Gasteiger partial charge in [-0.2, -0.15) is 10.1 Å². The lowest BCUT2D eigenvalue weighted by Crippen LogP contribution is -2.15. The molecule has 0 aliphatic heterocycles. The molecule has 1 heterocycles. The zero-order valence-corrected chi connectivity index (χ0v) is 8.95. The number of rotatable bonds is 2. The number of carbonyl (C=O) groups excluding carboxylic acids is 1. The number of anilines is 1. The molecule has 1 aromatic heterocycles. The topological polar surface area (TPSA) is 100 Å². The smallest absolute Gasteiger partial charge is 0.258 e. The first-order chi connectivity index (χ1) is 8.08. The maximum absolute atomic E-state index is 11.7. The minimum absolute atomic E-state index is 0.211. The van der Waals surface area contributed by atoms with Gasteiger partial charge in [-0.1, -0.05) is 0 Å². The van der Waals surface area contributed by atoms with E-state index in [-0.39, 0.29) is 17.1 Å². The van der Waals surface area contributed by atoms with Crippen LogP contribution in [0, 0.1) is 0 Å². The standard InChI is InChI=1S/C10H10N4O3/c1-14-10(11-5-12-14)13-9(17)6-2-3-7(15)8(16)4-6/h2-5,15-16H,1H3,(H,11,12,13,17). The van der Waals surface area contributed by atoms with Crippen LogP contribution in [-0.2, 0) is 7.05 Å². The Labute approximate surface area is 96.3 Å². The molecule has 1 amide bonds. The van der Waals surface area contributed by atoms with Gasteiger partial charge < -0.3 is 10.2 Å². The molecule has 1 aromatic carbocycles. The third-order valence-corrected chi connectivity index (χ3v) is 2.17. The lowest BCUT2D eigenvalue weighted by molar-refractivity contribution is 0.102. The Kier molecular flexibility index (Phi) is 2.65. The van der Waals surface area contributed by atoms with Crippen molar-refractivity contribution in [1.29, 1.82) is 0 Å². The van der Waals surface area contributed by atoms with Crippen LogP contribution < -0.4 is 5.32 Å². The monoisotopic (exact) mass is 234 g/mol. The van der Waals surface area contributed by atoms with E-state index in [0.29, 0.717) is 5.95 Å². The molecule has 0 saturated carbocycles. The number of hydrogen-bond donors (Lipinski definition) is 3. The minimum Gasteiger partial charge on any atom is -0.504 e. The second-order valence-corrected chi connectivity index (χ2v) is 3.36. The van der Waals surface area contributed by atoms with Gasteiger partial charge in [0.15, 0.2) is 11.5 Å². The van der Waals surface area contributed by atoms with Crippen molar-refractivity contribution in [1.82, 2.24) is 14.8 Å². The lowest BCUT2D eigenvalue weighted by Gasteiger charge is -2.04. The van der Waals surface area contributed by atoms with Crippen molar-refractivity contribution in [2.75, 3.05) is 5.32 Å². The molecule has 7 heteroatoms. The molecule has 0 saturated heterocycles. The highest BCUT2D eigenvalue weighted by atomic mass is 16.3. The highest BCUT2D eigenvalue weighted by molar-refractivity contribution is 6.03. The van der Waals surface area contributed by atoms with Gasteiger partial charge in [0, 0.05) is 12.6 Å². The summed E-state index contributed by atoms with van der Waals surface area (Å²) in [7, 11) is 1.64. The molecule has 0 radical (unpaired) electrons. The second-order valence-electron chi connectivity index (χ2n) is 3.36. The quantitative estimate of drug-likeness (QED) is 0.656. The Morgan fingerprint density at radius 1 is 1.35 bits per heavy atom. The number of hydrogen-bond acceptors (Lipinski definition) is 5. The molecule has 2 aromatic rings. The number of benzene rings is 1. The largest absolute Gasteiger partial charge is 0.504 e. The van der Waals surface area contributed by atoms with Crippen LogP contribution in [0.1, 0.15) is 10.4 Å². The molecule has 0 bridgehead atoms. The van der Waals surface area contributed by atoms with Gasteiger partial charge in [-0.15, -0.1) is 0 Å². The molecular weight excluding hydrogens is 224 g/mol. The number of aryl methyl sites for hydroxylation is 1. The Hall–Kier alpha value is -2.57. The second kappa shape index (κ2) is 4.12. The number of nitrogens with zero attached hydrogens (tertiary/aromatic N) is 3. The van der Waals surface area contributed by atoms with Crippen molar-refractivity contribution in [2.24, 2.45) is 7.05 Å². The molecule has 17 heavy (non-hydrogen) atoms. The predicted molar refractivity (Wildman–Crippen MR) is 58.7 cm³/mol. The van der Waals surface area contributed by atoms with Gasteiger partial charge in [0.25, 0.3) is 5.91 Å². The first-order valence-corrected chi connectivity index (χ1v) is 4.75. The van der Waals surface area contributed by atoms with Crippen LogP contribution in [0.2, 0.25) is 0 Å². The molecule has 0 aliphatic carbocycles. The van der Waals surface area contributed by atoms with Crippen LogP contribution in [0.15, 0.2) is 24.5 Å². The van der Waals surface area contributed by atoms with Gasteiger partial charge >= 0.3 is 0 Å². The SMILES string of the molecule is Cn1ncnc1NC(=O)c1ccc(O)c(O)c1. The number of carbonyl (C=O) groups is 1. The molecule has 0 unspecified atom stereocenters. The maximum Gasteiger partial charge on any atom is 0.258 e. The Morgan fingerprint density at radius 2 is 2.12 bits per heavy atom. The molecule has 7 nitrogen and oxygen atoms in total. The number of amides is 1. The fourth-order valence-corrected chi connectivity index (χ4v) is 1.25. The van der Waals surface area contributed by atoms with E-state index in [0.717, 1.165) is 0 Å². The van der Waals surface area contributed by atoms with Crippen molar-refractivity contribution in [3.63, 3.8) is 0 Å². The summed E-state index contributed by atoms with van der Waals surface area (Å²) in [5, 5.41) is 24.7. The lowest BCUT2D eigenvalue weighted by atomic mass is 10.2. The fourth-order valence-electron chi connectivity index (χ4n) is 1.25. The molecule has 0 atom stereocenters. The summed E-state index contributed by atoms with van der Waals surface area (Å²) in [5.41, 5.74) is 0.211. The summed E-state index contributed by atoms with van der Waals surface area (Å²) in [6.45, 7) is 0. The van der Waals surface area contributed by atoms with Crippen molar-refractivity contribution in [2.45, 2.75) is 0 Å². The molecule has 2 rings (SSSR count). The van der Waals surface area contributed by atoms with E-state index in [4.69, 9.17) is 5.11 Å². The summed E-state index contributed by atoms with van der Waals surface area (Å²) in [5.74, 6) is -0.783. The van der Waals surface area contributed by atoms with E-state index in [9.17, 15) is 9.90 Å². The van der Waals surface area contributed by atoms with E-state index in [1.165, 1.54) is 29.2 Å². The number of phenols is 2. The Bertz CT molecular complexity index is 564. The third-order valence-electron chi connectivity index (χ3n) is 2.17. The molecular formula is C10H10N4O3. The zero-order valence-electron chi connectivity index (χ0n) is 8.95. The zero-order chi connectivity index (χ0) is 12.4.